The lowest BCUT2D eigenvalue weighted by Crippen LogP contribution is -2.49. The average molecular weight is 464 g/mol. The van der Waals surface area contributed by atoms with Gasteiger partial charge < -0.3 is 14.3 Å². The molecule has 0 atom stereocenters. The third-order valence-corrected chi connectivity index (χ3v) is 6.25. The molecule has 0 radical (unpaired) electrons. The fraction of sp³-hybridized carbons (Fsp3) is 0.208. The number of halogens is 1. The summed E-state index contributed by atoms with van der Waals surface area (Å²) >= 11 is 6.38. The van der Waals surface area contributed by atoms with Gasteiger partial charge in [-0.1, -0.05) is 41.0 Å². The third kappa shape index (κ3) is 3.88. The number of rotatable bonds is 4. The van der Waals surface area contributed by atoms with E-state index < -0.39 is 0 Å². The second kappa shape index (κ2) is 8.73. The maximum atomic E-state index is 13.5. The first-order chi connectivity index (χ1) is 16.1. The van der Waals surface area contributed by atoms with E-state index in [4.69, 9.17) is 21.3 Å². The molecule has 3 heterocycles. The van der Waals surface area contributed by atoms with Gasteiger partial charge >= 0.3 is 0 Å². The molecule has 1 aliphatic rings. The number of aryl methyl sites for hydroxylation is 1. The summed E-state index contributed by atoms with van der Waals surface area (Å²) in [6.07, 6.45) is 1.73. The molecule has 9 heteroatoms. The molecule has 2 aromatic carbocycles. The Labute approximate surface area is 195 Å². The van der Waals surface area contributed by atoms with Gasteiger partial charge in [0.05, 0.1) is 21.9 Å². The Kier molecular flexibility index (Phi) is 5.62. The lowest BCUT2D eigenvalue weighted by Gasteiger charge is -2.36. The van der Waals surface area contributed by atoms with Gasteiger partial charge in [0.25, 0.3) is 5.91 Å². The number of pyridine rings is 1. The molecule has 1 fully saturated rings. The SMILES string of the molecule is Cc1onc(-c2cccc3cccnc23)c1C(=O)N1CCN(c2ccc(NO)cc2Cl)CC1. The van der Waals surface area contributed by atoms with E-state index in [0.717, 1.165) is 22.2 Å². The smallest absolute Gasteiger partial charge is 0.259 e. The predicted octanol–water partition coefficient (Wildman–Crippen LogP) is 4.62. The minimum atomic E-state index is -0.109. The summed E-state index contributed by atoms with van der Waals surface area (Å²) in [6.45, 7) is 4.09. The van der Waals surface area contributed by atoms with Crippen molar-refractivity contribution in [3.8, 4) is 11.3 Å². The van der Waals surface area contributed by atoms with Gasteiger partial charge in [-0.25, -0.2) is 0 Å². The molecule has 0 unspecified atom stereocenters. The van der Waals surface area contributed by atoms with Crippen LogP contribution in [-0.2, 0) is 0 Å². The maximum Gasteiger partial charge on any atom is 0.259 e. The Hall–Kier alpha value is -3.62. The highest BCUT2D eigenvalue weighted by molar-refractivity contribution is 6.33. The lowest BCUT2D eigenvalue weighted by molar-refractivity contribution is 0.0745. The number of carbonyl (C=O) groups excluding carboxylic acids is 1. The monoisotopic (exact) mass is 463 g/mol. The van der Waals surface area contributed by atoms with Gasteiger partial charge in [0.1, 0.15) is 17.0 Å². The average Bonchev–Trinajstić information content (AvgIpc) is 3.24. The van der Waals surface area contributed by atoms with Crippen molar-refractivity contribution >= 4 is 39.8 Å². The van der Waals surface area contributed by atoms with Crippen LogP contribution in [0, 0.1) is 6.92 Å². The number of piperazine rings is 1. The van der Waals surface area contributed by atoms with Gasteiger partial charge in [-0.2, -0.15) is 0 Å². The van der Waals surface area contributed by atoms with E-state index in [2.05, 4.69) is 20.5 Å². The molecule has 1 aliphatic heterocycles. The molecule has 2 aromatic heterocycles. The Morgan fingerprint density at radius 1 is 1.12 bits per heavy atom. The first-order valence-electron chi connectivity index (χ1n) is 10.6. The summed E-state index contributed by atoms with van der Waals surface area (Å²) < 4.78 is 5.46. The number of anilines is 2. The first-order valence-corrected chi connectivity index (χ1v) is 11.0. The molecular weight excluding hydrogens is 442 g/mol. The van der Waals surface area contributed by atoms with Gasteiger partial charge in [-0.15, -0.1) is 0 Å². The van der Waals surface area contributed by atoms with Crippen molar-refractivity contribution in [1.29, 1.82) is 0 Å². The summed E-state index contributed by atoms with van der Waals surface area (Å²) in [6, 6.07) is 15.0. The second-order valence-electron chi connectivity index (χ2n) is 7.90. The molecule has 5 rings (SSSR count). The molecule has 0 saturated carbocycles. The number of benzene rings is 2. The summed E-state index contributed by atoms with van der Waals surface area (Å²) in [5.41, 5.74) is 6.02. The van der Waals surface area contributed by atoms with Crippen molar-refractivity contribution in [2.45, 2.75) is 6.92 Å². The van der Waals surface area contributed by atoms with Crippen LogP contribution in [0.25, 0.3) is 22.2 Å². The van der Waals surface area contributed by atoms with Gasteiger partial charge in [-0.05, 0) is 31.2 Å². The zero-order valence-electron chi connectivity index (χ0n) is 18.0. The van der Waals surface area contributed by atoms with E-state index in [0.29, 0.717) is 53.9 Å². The van der Waals surface area contributed by atoms with Crippen molar-refractivity contribution < 1.29 is 14.5 Å². The highest BCUT2D eigenvalue weighted by Gasteiger charge is 2.29. The number of fused-ring (bicyclic) bond motifs is 1. The summed E-state index contributed by atoms with van der Waals surface area (Å²) in [5, 5.41) is 14.8. The van der Waals surface area contributed by atoms with Crippen LogP contribution < -0.4 is 10.4 Å². The number of nitrogens with one attached hydrogen (secondary N) is 1. The van der Waals surface area contributed by atoms with E-state index in [1.807, 2.05) is 41.3 Å². The predicted molar refractivity (Wildman–Crippen MR) is 127 cm³/mol. The summed E-state index contributed by atoms with van der Waals surface area (Å²) in [7, 11) is 0. The summed E-state index contributed by atoms with van der Waals surface area (Å²) in [4.78, 5) is 22.0. The Morgan fingerprint density at radius 3 is 2.67 bits per heavy atom. The number of amides is 1. The molecule has 4 aromatic rings. The molecule has 33 heavy (non-hydrogen) atoms. The van der Waals surface area contributed by atoms with Crippen LogP contribution >= 0.6 is 11.6 Å². The summed E-state index contributed by atoms with van der Waals surface area (Å²) in [5.74, 6) is 0.378. The molecular formula is C24H22ClN5O3. The van der Waals surface area contributed by atoms with Gasteiger partial charge in [0, 0.05) is 43.3 Å². The number of para-hydroxylation sites is 1. The normalized spacial score (nSPS) is 14.0. The van der Waals surface area contributed by atoms with Crippen molar-refractivity contribution in [2.75, 3.05) is 36.6 Å². The van der Waals surface area contributed by atoms with E-state index in [-0.39, 0.29) is 5.91 Å². The molecule has 1 saturated heterocycles. The van der Waals surface area contributed by atoms with E-state index >= 15 is 0 Å². The molecule has 0 bridgehead atoms. The largest absolute Gasteiger partial charge is 0.367 e. The zero-order chi connectivity index (χ0) is 22.9. The quantitative estimate of drug-likeness (QED) is 0.426. The van der Waals surface area contributed by atoms with Gasteiger partial charge in [-0.3, -0.25) is 20.5 Å². The van der Waals surface area contributed by atoms with Crippen LogP contribution in [0.2, 0.25) is 5.02 Å². The topological polar surface area (TPSA) is 94.7 Å². The van der Waals surface area contributed by atoms with Crippen molar-refractivity contribution in [3.63, 3.8) is 0 Å². The van der Waals surface area contributed by atoms with Crippen molar-refractivity contribution in [2.24, 2.45) is 0 Å². The Bertz CT molecular complexity index is 1330. The zero-order valence-corrected chi connectivity index (χ0v) is 18.7. The third-order valence-electron chi connectivity index (χ3n) is 5.95. The van der Waals surface area contributed by atoms with E-state index in [1.165, 1.54) is 0 Å². The van der Waals surface area contributed by atoms with E-state index in [9.17, 15) is 4.79 Å². The number of nitrogens with zero attached hydrogens (tertiary/aromatic N) is 4. The van der Waals surface area contributed by atoms with Crippen LogP contribution in [0.1, 0.15) is 16.1 Å². The maximum absolute atomic E-state index is 13.5. The van der Waals surface area contributed by atoms with Gasteiger partial charge in [0.2, 0.25) is 0 Å². The van der Waals surface area contributed by atoms with Crippen LogP contribution in [0.15, 0.2) is 59.3 Å². The fourth-order valence-electron chi connectivity index (χ4n) is 4.24. The number of hydrogen-bond acceptors (Lipinski definition) is 7. The Morgan fingerprint density at radius 2 is 1.91 bits per heavy atom. The highest BCUT2D eigenvalue weighted by Crippen LogP contribution is 2.33. The van der Waals surface area contributed by atoms with Crippen LogP contribution in [0.4, 0.5) is 11.4 Å². The molecule has 1 amide bonds. The highest BCUT2D eigenvalue weighted by atomic mass is 35.5. The number of aromatic nitrogens is 2. The minimum absolute atomic E-state index is 0.109. The Balaban J connectivity index is 1.39. The van der Waals surface area contributed by atoms with E-state index in [1.54, 1.807) is 25.3 Å². The molecule has 8 nitrogen and oxygen atoms in total. The van der Waals surface area contributed by atoms with Crippen LogP contribution in [-0.4, -0.2) is 52.3 Å². The van der Waals surface area contributed by atoms with Gasteiger partial charge in [0.15, 0.2) is 0 Å². The first kappa shape index (κ1) is 21.2. The lowest BCUT2D eigenvalue weighted by atomic mass is 10.0. The standard InChI is InChI=1S/C24H22ClN5O3/c1-15-21(23(28-33-15)18-6-2-4-16-5-3-9-26-22(16)18)24(31)30-12-10-29(11-13-30)20-8-7-17(27-32)14-19(20)25/h2-9,14,27,32H,10-13H2,1H3. The molecule has 168 valence electrons. The minimum Gasteiger partial charge on any atom is -0.367 e. The molecule has 0 aliphatic carbocycles. The molecule has 0 spiro atoms. The van der Waals surface area contributed by atoms with Crippen molar-refractivity contribution in [1.82, 2.24) is 15.0 Å². The van der Waals surface area contributed by atoms with Crippen molar-refractivity contribution in [3.05, 3.63) is 71.1 Å². The van der Waals surface area contributed by atoms with Crippen LogP contribution in [0.3, 0.4) is 0 Å². The fourth-order valence-corrected chi connectivity index (χ4v) is 4.54. The molecule has 2 N–H and O–H groups in total. The number of hydrogen-bond donors (Lipinski definition) is 2. The van der Waals surface area contributed by atoms with Crippen LogP contribution in [0.5, 0.6) is 0 Å². The number of carbonyl (C=O) groups is 1. The second-order valence-corrected chi connectivity index (χ2v) is 8.31.